The molecular formula is C10H15FN2O. The van der Waals surface area contributed by atoms with Crippen molar-refractivity contribution in [2.45, 2.75) is 13.0 Å². The third-order valence-corrected chi connectivity index (χ3v) is 1.70. The first kappa shape index (κ1) is 10.9. The molecule has 3 nitrogen and oxygen atoms in total. The number of halogens is 1. The predicted octanol–water partition coefficient (Wildman–Crippen LogP) is 1.54. The zero-order chi connectivity index (χ0) is 10.2. The second kappa shape index (κ2) is 6.32. The lowest BCUT2D eigenvalue weighted by Gasteiger charge is -2.04. The summed E-state index contributed by atoms with van der Waals surface area (Å²) in [4.78, 5) is 4.17. The largest absolute Gasteiger partial charge is 0.492 e. The highest BCUT2D eigenvalue weighted by molar-refractivity contribution is 5.19. The van der Waals surface area contributed by atoms with Crippen LogP contribution in [-0.2, 0) is 6.54 Å². The molecule has 14 heavy (non-hydrogen) atoms. The molecule has 0 saturated carbocycles. The molecular weight excluding hydrogens is 183 g/mol. The fraction of sp³-hybridized carbons (Fsp3) is 0.500. The molecule has 1 rings (SSSR count). The Bertz CT molecular complexity index is 251. The van der Waals surface area contributed by atoms with Gasteiger partial charge in [-0.25, -0.2) is 0 Å². The van der Waals surface area contributed by atoms with Crippen LogP contribution in [0.4, 0.5) is 4.39 Å². The molecule has 0 aliphatic carbocycles. The maximum atomic E-state index is 11.8. The number of alkyl halides is 1. The van der Waals surface area contributed by atoms with Crippen LogP contribution >= 0.6 is 0 Å². The van der Waals surface area contributed by atoms with Gasteiger partial charge in [-0.1, -0.05) is 0 Å². The lowest BCUT2D eigenvalue weighted by Crippen LogP contribution is -2.06. The molecule has 0 fully saturated rings. The summed E-state index contributed by atoms with van der Waals surface area (Å²) in [5.74, 6) is 0.693. The van der Waals surface area contributed by atoms with Crippen molar-refractivity contribution in [2.75, 3.05) is 20.3 Å². The summed E-state index contributed by atoms with van der Waals surface area (Å²) in [5.41, 5.74) is 0.963. The van der Waals surface area contributed by atoms with E-state index in [1.165, 1.54) is 0 Å². The lowest BCUT2D eigenvalue weighted by molar-refractivity contribution is 0.288. The topological polar surface area (TPSA) is 34.1 Å². The van der Waals surface area contributed by atoms with Crippen LogP contribution in [0.3, 0.4) is 0 Å². The Labute approximate surface area is 83.3 Å². The van der Waals surface area contributed by atoms with Crippen molar-refractivity contribution in [2.24, 2.45) is 0 Å². The highest BCUT2D eigenvalue weighted by atomic mass is 19.1. The summed E-state index contributed by atoms with van der Waals surface area (Å²) >= 11 is 0. The molecule has 1 N–H and O–H groups in total. The van der Waals surface area contributed by atoms with E-state index in [1.54, 1.807) is 6.20 Å². The number of ether oxygens (including phenoxy) is 1. The van der Waals surface area contributed by atoms with Crippen LogP contribution in [0.15, 0.2) is 18.3 Å². The van der Waals surface area contributed by atoms with Gasteiger partial charge in [-0.3, -0.25) is 9.37 Å². The van der Waals surface area contributed by atoms with E-state index in [2.05, 4.69) is 10.3 Å². The van der Waals surface area contributed by atoms with Gasteiger partial charge in [0.2, 0.25) is 0 Å². The first-order valence-electron chi connectivity index (χ1n) is 4.65. The Kier molecular flexibility index (Phi) is 4.93. The molecule has 0 radical (unpaired) electrons. The van der Waals surface area contributed by atoms with Crippen molar-refractivity contribution in [3.05, 3.63) is 24.0 Å². The molecule has 0 bridgehead atoms. The zero-order valence-corrected chi connectivity index (χ0v) is 8.29. The number of hydrogen-bond acceptors (Lipinski definition) is 3. The second-order valence-corrected chi connectivity index (χ2v) is 2.91. The maximum Gasteiger partial charge on any atom is 0.137 e. The SMILES string of the molecule is CNCc1ccc(OCCCF)cn1. The van der Waals surface area contributed by atoms with Crippen LogP contribution in [-0.4, -0.2) is 25.3 Å². The molecule has 0 amide bonds. The highest BCUT2D eigenvalue weighted by Gasteiger charge is 1.95. The molecule has 1 aromatic heterocycles. The summed E-state index contributed by atoms with van der Waals surface area (Å²) in [5, 5.41) is 3.00. The van der Waals surface area contributed by atoms with Crippen LogP contribution in [0.2, 0.25) is 0 Å². The molecule has 78 valence electrons. The molecule has 0 atom stereocenters. The molecule has 0 saturated heterocycles. The Hall–Kier alpha value is -1.16. The van der Waals surface area contributed by atoms with Gasteiger partial charge < -0.3 is 10.1 Å². The second-order valence-electron chi connectivity index (χ2n) is 2.91. The fourth-order valence-electron chi connectivity index (χ4n) is 1.03. The zero-order valence-electron chi connectivity index (χ0n) is 8.29. The highest BCUT2D eigenvalue weighted by Crippen LogP contribution is 2.09. The molecule has 0 aromatic carbocycles. The van der Waals surface area contributed by atoms with E-state index in [9.17, 15) is 4.39 Å². The molecule has 0 unspecified atom stereocenters. The molecule has 0 aliphatic rings. The van der Waals surface area contributed by atoms with Crippen LogP contribution in [0, 0.1) is 0 Å². The van der Waals surface area contributed by atoms with Gasteiger partial charge in [0.15, 0.2) is 0 Å². The number of nitrogens with zero attached hydrogens (tertiary/aromatic N) is 1. The van der Waals surface area contributed by atoms with E-state index in [1.807, 2.05) is 19.2 Å². The minimum atomic E-state index is -0.342. The average Bonchev–Trinajstić information content (AvgIpc) is 2.21. The third-order valence-electron chi connectivity index (χ3n) is 1.70. The lowest BCUT2D eigenvalue weighted by atomic mass is 10.3. The normalized spacial score (nSPS) is 10.1. The van der Waals surface area contributed by atoms with Crippen molar-refractivity contribution in [3.8, 4) is 5.75 Å². The minimum Gasteiger partial charge on any atom is -0.492 e. The summed E-state index contributed by atoms with van der Waals surface area (Å²) in [6.07, 6.45) is 2.09. The van der Waals surface area contributed by atoms with Crippen molar-refractivity contribution >= 4 is 0 Å². The summed E-state index contributed by atoms with van der Waals surface area (Å²) in [6, 6.07) is 3.74. The van der Waals surface area contributed by atoms with Gasteiger partial charge in [0.25, 0.3) is 0 Å². The van der Waals surface area contributed by atoms with Crippen LogP contribution in [0.1, 0.15) is 12.1 Å². The van der Waals surface area contributed by atoms with Crippen LogP contribution in [0.5, 0.6) is 5.75 Å². The van der Waals surface area contributed by atoms with Crippen LogP contribution < -0.4 is 10.1 Å². The van der Waals surface area contributed by atoms with E-state index in [-0.39, 0.29) is 6.67 Å². The number of hydrogen-bond donors (Lipinski definition) is 1. The fourth-order valence-corrected chi connectivity index (χ4v) is 1.03. The first-order valence-corrected chi connectivity index (χ1v) is 4.65. The molecule has 1 aromatic rings. The third kappa shape index (κ3) is 3.70. The van der Waals surface area contributed by atoms with E-state index < -0.39 is 0 Å². The Balaban J connectivity index is 2.38. The number of pyridine rings is 1. The average molecular weight is 198 g/mol. The number of nitrogens with one attached hydrogen (secondary N) is 1. The van der Waals surface area contributed by atoms with Gasteiger partial charge in [0.1, 0.15) is 5.75 Å². The Morgan fingerprint density at radius 3 is 2.93 bits per heavy atom. The molecule has 4 heteroatoms. The summed E-state index contributed by atoms with van der Waals surface area (Å²) in [6.45, 7) is 0.805. The van der Waals surface area contributed by atoms with Gasteiger partial charge >= 0.3 is 0 Å². The minimum absolute atomic E-state index is 0.342. The summed E-state index contributed by atoms with van der Waals surface area (Å²) in [7, 11) is 1.87. The van der Waals surface area contributed by atoms with Crippen molar-refractivity contribution in [3.63, 3.8) is 0 Å². The van der Waals surface area contributed by atoms with Crippen molar-refractivity contribution in [1.82, 2.24) is 10.3 Å². The van der Waals surface area contributed by atoms with E-state index >= 15 is 0 Å². The van der Waals surface area contributed by atoms with Crippen molar-refractivity contribution in [1.29, 1.82) is 0 Å². The van der Waals surface area contributed by atoms with Gasteiger partial charge in [0, 0.05) is 13.0 Å². The number of rotatable bonds is 6. The summed E-state index contributed by atoms with van der Waals surface area (Å²) < 4.78 is 17.0. The first-order chi connectivity index (χ1) is 6.86. The molecule has 1 heterocycles. The van der Waals surface area contributed by atoms with Gasteiger partial charge in [-0.15, -0.1) is 0 Å². The number of aromatic nitrogens is 1. The van der Waals surface area contributed by atoms with Gasteiger partial charge in [0.05, 0.1) is 25.2 Å². The quantitative estimate of drug-likeness (QED) is 0.704. The maximum absolute atomic E-state index is 11.8. The van der Waals surface area contributed by atoms with Gasteiger partial charge in [-0.05, 0) is 19.2 Å². The van der Waals surface area contributed by atoms with Gasteiger partial charge in [-0.2, -0.15) is 0 Å². The monoisotopic (exact) mass is 198 g/mol. The van der Waals surface area contributed by atoms with E-state index in [4.69, 9.17) is 4.74 Å². The van der Waals surface area contributed by atoms with E-state index in [0.29, 0.717) is 18.8 Å². The molecule has 0 spiro atoms. The van der Waals surface area contributed by atoms with Crippen molar-refractivity contribution < 1.29 is 9.13 Å². The predicted molar refractivity (Wildman–Crippen MR) is 53.1 cm³/mol. The smallest absolute Gasteiger partial charge is 0.137 e. The van der Waals surface area contributed by atoms with E-state index in [0.717, 1.165) is 12.2 Å². The standard InChI is InChI=1S/C10H15FN2O/c1-12-7-9-3-4-10(8-13-9)14-6-2-5-11/h3-4,8,12H,2,5-7H2,1H3. The Morgan fingerprint density at radius 2 is 2.36 bits per heavy atom. The Morgan fingerprint density at radius 1 is 1.50 bits per heavy atom. The van der Waals surface area contributed by atoms with Crippen LogP contribution in [0.25, 0.3) is 0 Å². The molecule has 0 aliphatic heterocycles.